The highest BCUT2D eigenvalue weighted by Crippen LogP contribution is 2.15. The minimum atomic E-state index is -0.930. The van der Waals surface area contributed by atoms with Crippen LogP contribution in [0.3, 0.4) is 0 Å². The molecule has 0 radical (unpaired) electrons. The Morgan fingerprint density at radius 2 is 2.40 bits per heavy atom. The van der Waals surface area contributed by atoms with Gasteiger partial charge in [-0.3, -0.25) is 9.78 Å². The lowest BCUT2D eigenvalue weighted by Crippen LogP contribution is -2.29. The third-order valence-electron chi connectivity index (χ3n) is 2.24. The van der Waals surface area contributed by atoms with Gasteiger partial charge in [0, 0.05) is 6.54 Å². The molecule has 1 saturated heterocycles. The second kappa shape index (κ2) is 4.10. The topological polar surface area (TPSA) is 46.1 Å². The number of carbonyl (C=O) groups is 1. The molecule has 0 aliphatic carbocycles. The Labute approximate surface area is 91.1 Å². The predicted octanol–water partition coefficient (Wildman–Crippen LogP) is 1.31. The number of halogens is 2. The van der Waals surface area contributed by atoms with Crippen LogP contribution in [0.2, 0.25) is 5.15 Å². The van der Waals surface area contributed by atoms with Crippen LogP contribution in [0, 0.1) is 0 Å². The molecule has 0 spiro atoms. The average Bonchev–Trinajstić information content (AvgIpc) is 2.64. The first kappa shape index (κ1) is 10.3. The Bertz CT molecular complexity index is 387. The van der Waals surface area contributed by atoms with E-state index in [4.69, 9.17) is 11.6 Å². The highest BCUT2D eigenvalue weighted by molar-refractivity contribution is 6.29. The summed E-state index contributed by atoms with van der Waals surface area (Å²) >= 11 is 5.61. The number of likely N-dealkylation sites (tertiary alicyclic amines) is 1. The van der Waals surface area contributed by atoms with Crippen molar-refractivity contribution < 1.29 is 9.18 Å². The number of nitrogens with zero attached hydrogens (tertiary/aromatic N) is 3. The fourth-order valence-electron chi connectivity index (χ4n) is 1.51. The predicted molar refractivity (Wildman–Crippen MR) is 52.5 cm³/mol. The third-order valence-corrected chi connectivity index (χ3v) is 2.42. The summed E-state index contributed by atoms with van der Waals surface area (Å²) in [5.41, 5.74) is 0.164. The molecular weight excluding hydrogens is 221 g/mol. The summed E-state index contributed by atoms with van der Waals surface area (Å²) in [7, 11) is 0. The fourth-order valence-corrected chi connectivity index (χ4v) is 1.66. The number of hydrogen-bond acceptors (Lipinski definition) is 3. The Hall–Kier alpha value is -1.23. The zero-order valence-electron chi connectivity index (χ0n) is 7.86. The van der Waals surface area contributed by atoms with E-state index in [1.165, 1.54) is 17.3 Å². The lowest BCUT2D eigenvalue weighted by Gasteiger charge is -2.13. The summed E-state index contributed by atoms with van der Waals surface area (Å²) in [5, 5.41) is 0.164. The molecule has 0 N–H and O–H groups in total. The van der Waals surface area contributed by atoms with E-state index < -0.39 is 6.17 Å². The minimum absolute atomic E-state index is 0.132. The van der Waals surface area contributed by atoms with Crippen molar-refractivity contribution in [3.05, 3.63) is 23.2 Å². The zero-order chi connectivity index (χ0) is 10.8. The van der Waals surface area contributed by atoms with Crippen molar-refractivity contribution in [1.82, 2.24) is 14.9 Å². The van der Waals surface area contributed by atoms with Crippen molar-refractivity contribution in [3.8, 4) is 0 Å². The van der Waals surface area contributed by atoms with Gasteiger partial charge < -0.3 is 4.90 Å². The van der Waals surface area contributed by atoms with Crippen LogP contribution in [0.5, 0.6) is 0 Å². The first-order chi connectivity index (χ1) is 7.16. The van der Waals surface area contributed by atoms with Crippen LogP contribution >= 0.6 is 11.6 Å². The molecule has 1 aliphatic heterocycles. The van der Waals surface area contributed by atoms with Crippen molar-refractivity contribution >= 4 is 17.5 Å². The first-order valence-corrected chi connectivity index (χ1v) is 4.95. The molecule has 15 heavy (non-hydrogen) atoms. The van der Waals surface area contributed by atoms with Gasteiger partial charge in [-0.05, 0) is 6.42 Å². The van der Waals surface area contributed by atoms with Crippen molar-refractivity contribution in [2.45, 2.75) is 12.6 Å². The summed E-state index contributed by atoms with van der Waals surface area (Å²) in [6.45, 7) is 0.557. The molecule has 0 bridgehead atoms. The highest BCUT2D eigenvalue weighted by atomic mass is 35.5. The van der Waals surface area contributed by atoms with Gasteiger partial charge >= 0.3 is 0 Å². The lowest BCUT2D eigenvalue weighted by atomic mass is 10.3. The number of amides is 1. The van der Waals surface area contributed by atoms with Crippen molar-refractivity contribution in [1.29, 1.82) is 0 Å². The van der Waals surface area contributed by atoms with Gasteiger partial charge in [-0.2, -0.15) is 0 Å². The maximum Gasteiger partial charge on any atom is 0.274 e. The van der Waals surface area contributed by atoms with Crippen LogP contribution in [0.25, 0.3) is 0 Å². The molecule has 1 amide bonds. The number of aromatic nitrogens is 2. The molecule has 1 aliphatic rings. The Morgan fingerprint density at radius 1 is 1.60 bits per heavy atom. The van der Waals surface area contributed by atoms with Crippen LogP contribution in [0.1, 0.15) is 16.9 Å². The zero-order valence-corrected chi connectivity index (χ0v) is 8.62. The van der Waals surface area contributed by atoms with Crippen LogP contribution in [-0.2, 0) is 0 Å². The summed E-state index contributed by atoms with van der Waals surface area (Å²) in [5.74, 6) is -0.315. The third kappa shape index (κ3) is 2.23. The molecule has 0 unspecified atom stereocenters. The monoisotopic (exact) mass is 229 g/mol. The van der Waals surface area contributed by atoms with E-state index in [9.17, 15) is 9.18 Å². The molecular formula is C9H9ClFN3O. The first-order valence-electron chi connectivity index (χ1n) is 4.57. The van der Waals surface area contributed by atoms with Crippen molar-refractivity contribution in [2.75, 3.05) is 13.1 Å². The van der Waals surface area contributed by atoms with E-state index in [1.54, 1.807) is 0 Å². The molecule has 0 aromatic carbocycles. The molecule has 1 aromatic rings. The van der Waals surface area contributed by atoms with Gasteiger partial charge in [0.2, 0.25) is 0 Å². The van der Waals surface area contributed by atoms with Crippen LogP contribution in [-0.4, -0.2) is 40.0 Å². The highest BCUT2D eigenvalue weighted by Gasteiger charge is 2.27. The van der Waals surface area contributed by atoms with Crippen molar-refractivity contribution in [2.24, 2.45) is 0 Å². The van der Waals surface area contributed by atoms with Gasteiger partial charge in [-0.15, -0.1) is 0 Å². The normalized spacial score (nSPS) is 20.7. The molecule has 2 rings (SSSR count). The Balaban J connectivity index is 2.14. The summed E-state index contributed by atoms with van der Waals surface area (Å²) in [4.78, 5) is 20.8. The number of alkyl halides is 1. The van der Waals surface area contributed by atoms with E-state index in [0.717, 1.165) is 0 Å². The Kier molecular flexibility index (Phi) is 2.81. The van der Waals surface area contributed by atoms with E-state index >= 15 is 0 Å². The smallest absolute Gasteiger partial charge is 0.274 e. The van der Waals surface area contributed by atoms with Crippen molar-refractivity contribution in [3.63, 3.8) is 0 Å². The summed E-state index contributed by atoms with van der Waals surface area (Å²) in [6, 6.07) is 0. The van der Waals surface area contributed by atoms with E-state index in [-0.39, 0.29) is 23.3 Å². The molecule has 6 heteroatoms. The second-order valence-corrected chi connectivity index (χ2v) is 3.75. The second-order valence-electron chi connectivity index (χ2n) is 3.36. The maximum absolute atomic E-state index is 12.9. The molecule has 1 aromatic heterocycles. The summed E-state index contributed by atoms with van der Waals surface area (Å²) < 4.78 is 12.9. The van der Waals surface area contributed by atoms with Gasteiger partial charge in [0.05, 0.1) is 18.9 Å². The average molecular weight is 230 g/mol. The largest absolute Gasteiger partial charge is 0.334 e. The maximum atomic E-state index is 12.9. The fraction of sp³-hybridized carbons (Fsp3) is 0.444. The Morgan fingerprint density at radius 3 is 3.00 bits per heavy atom. The molecule has 80 valence electrons. The lowest BCUT2D eigenvalue weighted by molar-refractivity contribution is 0.0776. The molecule has 4 nitrogen and oxygen atoms in total. The number of carbonyl (C=O) groups excluding carboxylic acids is 1. The van der Waals surface area contributed by atoms with Crippen LogP contribution in [0.4, 0.5) is 4.39 Å². The van der Waals surface area contributed by atoms with E-state index in [1.807, 2.05) is 0 Å². The molecule has 1 fully saturated rings. The molecule has 1 atom stereocenters. The quantitative estimate of drug-likeness (QED) is 0.730. The van der Waals surface area contributed by atoms with Gasteiger partial charge in [0.25, 0.3) is 5.91 Å². The van der Waals surface area contributed by atoms with Crippen LogP contribution in [0.15, 0.2) is 12.4 Å². The van der Waals surface area contributed by atoms with Gasteiger partial charge in [-0.25, -0.2) is 9.37 Å². The summed E-state index contributed by atoms with van der Waals surface area (Å²) in [6.07, 6.45) is 2.14. The SMILES string of the molecule is O=C(c1cncc(Cl)n1)N1CC[C@H](F)C1. The standard InChI is InChI=1S/C9H9ClFN3O/c10-8-4-12-3-7(13-8)9(15)14-2-1-6(11)5-14/h3-4,6H,1-2,5H2/t6-/m0/s1. The molecule has 2 heterocycles. The van der Waals surface area contributed by atoms with Gasteiger partial charge in [0.1, 0.15) is 17.0 Å². The van der Waals surface area contributed by atoms with Gasteiger partial charge in [-0.1, -0.05) is 11.6 Å². The van der Waals surface area contributed by atoms with Crippen LogP contribution < -0.4 is 0 Å². The number of hydrogen-bond donors (Lipinski definition) is 0. The van der Waals surface area contributed by atoms with E-state index in [0.29, 0.717) is 13.0 Å². The van der Waals surface area contributed by atoms with Gasteiger partial charge in [0.15, 0.2) is 0 Å². The van der Waals surface area contributed by atoms with E-state index in [2.05, 4.69) is 9.97 Å². The minimum Gasteiger partial charge on any atom is -0.334 e. The number of rotatable bonds is 1. The molecule has 0 saturated carbocycles.